The zero-order chi connectivity index (χ0) is 17.8. The SMILES string of the molecule is C=Cc1ccc(S(=O)(=O)OCCC2(c3ccccc3)OCCO2)cc1. The maximum Gasteiger partial charge on any atom is 0.296 e. The molecule has 0 amide bonds. The van der Waals surface area contributed by atoms with Crippen molar-refractivity contribution in [2.45, 2.75) is 17.1 Å². The monoisotopic (exact) mass is 360 g/mol. The molecule has 0 N–H and O–H groups in total. The molecule has 1 saturated heterocycles. The van der Waals surface area contributed by atoms with Crippen molar-refractivity contribution in [1.29, 1.82) is 0 Å². The smallest absolute Gasteiger partial charge is 0.296 e. The molecule has 5 nitrogen and oxygen atoms in total. The molecular formula is C19H20O5S. The van der Waals surface area contributed by atoms with Gasteiger partial charge in [-0.25, -0.2) is 0 Å². The molecule has 25 heavy (non-hydrogen) atoms. The molecule has 3 rings (SSSR count). The van der Waals surface area contributed by atoms with Crippen LogP contribution >= 0.6 is 0 Å². The average Bonchev–Trinajstić information content (AvgIpc) is 3.12. The average molecular weight is 360 g/mol. The first-order chi connectivity index (χ1) is 12.1. The van der Waals surface area contributed by atoms with Crippen LogP contribution in [0.15, 0.2) is 66.1 Å². The minimum Gasteiger partial charge on any atom is -0.343 e. The van der Waals surface area contributed by atoms with E-state index < -0.39 is 15.9 Å². The largest absolute Gasteiger partial charge is 0.343 e. The summed E-state index contributed by atoms with van der Waals surface area (Å²) < 4.78 is 41.4. The summed E-state index contributed by atoms with van der Waals surface area (Å²) in [6, 6.07) is 15.8. The Morgan fingerprint density at radius 3 is 2.28 bits per heavy atom. The molecule has 0 bridgehead atoms. The molecule has 1 aliphatic rings. The Hall–Kier alpha value is -1.99. The van der Waals surface area contributed by atoms with Crippen LogP contribution in [0.1, 0.15) is 17.5 Å². The van der Waals surface area contributed by atoms with Gasteiger partial charge in [0, 0.05) is 12.0 Å². The van der Waals surface area contributed by atoms with E-state index in [1.165, 1.54) is 12.1 Å². The van der Waals surface area contributed by atoms with Gasteiger partial charge in [-0.15, -0.1) is 0 Å². The van der Waals surface area contributed by atoms with Crippen molar-refractivity contribution >= 4 is 16.2 Å². The summed E-state index contributed by atoms with van der Waals surface area (Å²) >= 11 is 0. The fourth-order valence-corrected chi connectivity index (χ4v) is 3.63. The first kappa shape index (κ1) is 17.8. The molecule has 1 aliphatic heterocycles. The van der Waals surface area contributed by atoms with Crippen molar-refractivity contribution in [3.63, 3.8) is 0 Å². The van der Waals surface area contributed by atoms with Gasteiger partial charge in [0.15, 0.2) is 5.79 Å². The minimum absolute atomic E-state index is 0.0412. The molecule has 0 saturated carbocycles. The van der Waals surface area contributed by atoms with Crippen LogP contribution in [-0.2, 0) is 29.6 Å². The van der Waals surface area contributed by atoms with Gasteiger partial charge in [-0.05, 0) is 17.7 Å². The first-order valence-electron chi connectivity index (χ1n) is 8.01. The second-order valence-electron chi connectivity index (χ2n) is 5.62. The molecule has 0 atom stereocenters. The van der Waals surface area contributed by atoms with Crippen molar-refractivity contribution in [3.05, 3.63) is 72.3 Å². The molecule has 0 aromatic heterocycles. The minimum atomic E-state index is -3.83. The highest BCUT2D eigenvalue weighted by molar-refractivity contribution is 7.86. The Morgan fingerprint density at radius 1 is 1.04 bits per heavy atom. The Balaban J connectivity index is 1.68. The van der Waals surface area contributed by atoms with Gasteiger partial charge < -0.3 is 9.47 Å². The van der Waals surface area contributed by atoms with Crippen molar-refractivity contribution in [1.82, 2.24) is 0 Å². The molecule has 0 aliphatic carbocycles. The van der Waals surface area contributed by atoms with Crippen molar-refractivity contribution in [3.8, 4) is 0 Å². The summed E-state index contributed by atoms with van der Waals surface area (Å²) in [4.78, 5) is 0.111. The molecule has 0 spiro atoms. The Bertz CT molecular complexity index is 807. The summed E-state index contributed by atoms with van der Waals surface area (Å²) in [6.07, 6.45) is 1.93. The van der Waals surface area contributed by atoms with E-state index in [4.69, 9.17) is 13.7 Å². The predicted molar refractivity (Wildman–Crippen MR) is 94.3 cm³/mol. The Kier molecular flexibility index (Phi) is 5.34. The van der Waals surface area contributed by atoms with Gasteiger partial charge in [0.2, 0.25) is 0 Å². The lowest BCUT2D eigenvalue weighted by atomic mass is 10.0. The second kappa shape index (κ2) is 7.49. The normalized spacial score (nSPS) is 16.6. The van der Waals surface area contributed by atoms with E-state index in [1.54, 1.807) is 18.2 Å². The first-order valence-corrected chi connectivity index (χ1v) is 9.42. The third kappa shape index (κ3) is 3.99. The summed E-state index contributed by atoms with van der Waals surface area (Å²) in [6.45, 7) is 4.53. The van der Waals surface area contributed by atoms with Crippen LogP contribution in [-0.4, -0.2) is 28.2 Å². The lowest BCUT2D eigenvalue weighted by Gasteiger charge is -2.27. The fourth-order valence-electron chi connectivity index (χ4n) is 2.73. The molecule has 0 unspecified atom stereocenters. The summed E-state index contributed by atoms with van der Waals surface area (Å²) in [7, 11) is -3.83. The third-order valence-corrected chi connectivity index (χ3v) is 5.37. The van der Waals surface area contributed by atoms with Gasteiger partial charge in [0.1, 0.15) is 0 Å². The zero-order valence-electron chi connectivity index (χ0n) is 13.8. The Morgan fingerprint density at radius 2 is 1.68 bits per heavy atom. The number of rotatable bonds is 7. The van der Waals surface area contributed by atoms with Crippen molar-refractivity contribution in [2.24, 2.45) is 0 Å². The van der Waals surface area contributed by atoms with Crippen LogP contribution in [0.4, 0.5) is 0 Å². The summed E-state index contributed by atoms with van der Waals surface area (Å²) in [5.74, 6) is -0.955. The quantitative estimate of drug-likeness (QED) is 0.709. The summed E-state index contributed by atoms with van der Waals surface area (Å²) in [5.41, 5.74) is 1.69. The Labute approximate surface area is 148 Å². The van der Waals surface area contributed by atoms with Crippen LogP contribution < -0.4 is 0 Å². The molecule has 1 heterocycles. The number of benzene rings is 2. The van der Waals surface area contributed by atoms with Gasteiger partial charge in [-0.3, -0.25) is 4.18 Å². The maximum atomic E-state index is 12.3. The topological polar surface area (TPSA) is 61.8 Å². The molecule has 132 valence electrons. The molecule has 2 aromatic carbocycles. The standard InChI is InChI=1S/C19H20O5S/c1-2-16-8-10-18(11-9-16)25(20,21)24-13-12-19(22-14-15-23-19)17-6-4-3-5-7-17/h2-11H,1,12-15H2. The van der Waals surface area contributed by atoms with E-state index >= 15 is 0 Å². The molecule has 1 fully saturated rings. The highest BCUT2D eigenvalue weighted by Crippen LogP contribution is 2.35. The van der Waals surface area contributed by atoms with Crippen LogP contribution in [0.5, 0.6) is 0 Å². The third-order valence-electron chi connectivity index (χ3n) is 4.04. The van der Waals surface area contributed by atoms with Gasteiger partial charge in [0.25, 0.3) is 10.1 Å². The van der Waals surface area contributed by atoms with E-state index in [2.05, 4.69) is 6.58 Å². The maximum absolute atomic E-state index is 12.3. The molecular weight excluding hydrogens is 340 g/mol. The van der Waals surface area contributed by atoms with E-state index in [1.807, 2.05) is 30.3 Å². The molecule has 0 radical (unpaired) electrons. The fraction of sp³-hybridized carbons (Fsp3) is 0.263. The summed E-state index contributed by atoms with van der Waals surface area (Å²) in [5, 5.41) is 0. The van der Waals surface area contributed by atoms with Crippen LogP contribution in [0.3, 0.4) is 0 Å². The number of ether oxygens (including phenoxy) is 2. The van der Waals surface area contributed by atoms with Gasteiger partial charge in [-0.2, -0.15) is 8.42 Å². The van der Waals surface area contributed by atoms with Gasteiger partial charge in [-0.1, -0.05) is 55.1 Å². The highest BCUT2D eigenvalue weighted by atomic mass is 32.2. The van der Waals surface area contributed by atoms with Crippen molar-refractivity contribution < 1.29 is 22.1 Å². The zero-order valence-corrected chi connectivity index (χ0v) is 14.6. The van der Waals surface area contributed by atoms with Crippen LogP contribution in [0.25, 0.3) is 6.08 Å². The van der Waals surface area contributed by atoms with Gasteiger partial charge >= 0.3 is 0 Å². The van der Waals surface area contributed by atoms with E-state index in [-0.39, 0.29) is 17.9 Å². The van der Waals surface area contributed by atoms with Crippen molar-refractivity contribution in [2.75, 3.05) is 19.8 Å². The van der Waals surface area contributed by atoms with E-state index in [0.29, 0.717) is 13.2 Å². The number of hydrogen-bond donors (Lipinski definition) is 0. The van der Waals surface area contributed by atoms with Gasteiger partial charge in [0.05, 0.1) is 24.7 Å². The highest BCUT2D eigenvalue weighted by Gasteiger charge is 2.38. The molecule has 6 heteroatoms. The molecule has 2 aromatic rings. The predicted octanol–water partition coefficient (Wildman–Crippen LogP) is 3.32. The lowest BCUT2D eigenvalue weighted by molar-refractivity contribution is -0.174. The van der Waals surface area contributed by atoms with Crippen LogP contribution in [0, 0.1) is 0 Å². The lowest BCUT2D eigenvalue weighted by Crippen LogP contribution is -2.29. The number of hydrogen-bond acceptors (Lipinski definition) is 5. The van der Waals surface area contributed by atoms with Crippen LogP contribution in [0.2, 0.25) is 0 Å². The van der Waals surface area contributed by atoms with E-state index in [9.17, 15) is 8.42 Å². The van der Waals surface area contributed by atoms with E-state index in [0.717, 1.165) is 11.1 Å². The second-order valence-corrected chi connectivity index (χ2v) is 7.23.